The molecule has 2 aromatic heterocycles. The maximum absolute atomic E-state index is 13.0. The number of tetrazole rings is 1. The number of carbonyl (C=O) groups excluding carboxylic acids is 1. The van der Waals surface area contributed by atoms with Crippen LogP contribution < -0.4 is 5.32 Å². The number of carbonyl (C=O) groups is 1. The second-order valence-electron chi connectivity index (χ2n) is 6.62. The third-order valence-electron chi connectivity index (χ3n) is 4.69. The fourth-order valence-electron chi connectivity index (χ4n) is 3.26. The van der Waals surface area contributed by atoms with E-state index < -0.39 is 0 Å². The minimum Gasteiger partial charge on any atom is -0.349 e. The van der Waals surface area contributed by atoms with Crippen LogP contribution in [0.2, 0.25) is 0 Å². The van der Waals surface area contributed by atoms with Gasteiger partial charge in [-0.3, -0.25) is 9.89 Å². The van der Waals surface area contributed by atoms with Gasteiger partial charge in [-0.05, 0) is 60.7 Å². The zero-order chi connectivity index (χ0) is 18.6. The Hall–Kier alpha value is -3.10. The van der Waals surface area contributed by atoms with Crippen LogP contribution in [-0.2, 0) is 30.7 Å². The Balaban J connectivity index is 1.35. The van der Waals surface area contributed by atoms with Crippen molar-refractivity contribution >= 4 is 5.91 Å². The van der Waals surface area contributed by atoms with E-state index in [2.05, 4.69) is 30.9 Å². The largest absolute Gasteiger partial charge is 0.349 e. The van der Waals surface area contributed by atoms with E-state index in [1.54, 1.807) is 12.1 Å². The highest BCUT2D eigenvalue weighted by Crippen LogP contribution is 2.21. The fourth-order valence-corrected chi connectivity index (χ4v) is 3.26. The first-order chi connectivity index (χ1) is 13.2. The summed E-state index contributed by atoms with van der Waals surface area (Å²) in [6.45, 7) is 0.338. The number of amides is 1. The number of rotatable bonds is 5. The Morgan fingerprint density at radius 2 is 2.00 bits per heavy atom. The number of benzene rings is 1. The van der Waals surface area contributed by atoms with Crippen molar-refractivity contribution in [1.29, 1.82) is 0 Å². The van der Waals surface area contributed by atoms with Crippen LogP contribution in [0.3, 0.4) is 0 Å². The lowest BCUT2D eigenvalue weighted by molar-refractivity contribution is -0.122. The first kappa shape index (κ1) is 17.3. The van der Waals surface area contributed by atoms with Gasteiger partial charge in [0, 0.05) is 11.3 Å². The number of nitrogens with zero attached hydrogens (tertiary/aromatic N) is 5. The van der Waals surface area contributed by atoms with E-state index in [9.17, 15) is 9.18 Å². The summed E-state index contributed by atoms with van der Waals surface area (Å²) in [7, 11) is 0. The van der Waals surface area contributed by atoms with Crippen LogP contribution in [0, 0.1) is 5.82 Å². The smallest absolute Gasteiger partial charge is 0.244 e. The Bertz CT molecular complexity index is 932. The summed E-state index contributed by atoms with van der Waals surface area (Å²) in [5.74, 6) is -0.203. The van der Waals surface area contributed by atoms with E-state index in [0.29, 0.717) is 17.9 Å². The molecule has 27 heavy (non-hydrogen) atoms. The Kier molecular flexibility index (Phi) is 4.91. The standard InChI is InChI=1S/C18H20FN7O/c19-13-8-6-12(7-9-13)18-23-25-26(24-18)11-17(27)20-10-16-14-4-2-1-3-5-15(14)21-22-16/h6-9H,1-5,10-11H2,(H,20,27)(H,21,22). The Labute approximate surface area is 155 Å². The van der Waals surface area contributed by atoms with Gasteiger partial charge in [-0.1, -0.05) is 6.42 Å². The van der Waals surface area contributed by atoms with Crippen LogP contribution in [0.5, 0.6) is 0 Å². The number of aromatic amines is 1. The summed E-state index contributed by atoms with van der Waals surface area (Å²) in [6.07, 6.45) is 5.58. The van der Waals surface area contributed by atoms with Crippen molar-refractivity contribution in [2.24, 2.45) is 0 Å². The van der Waals surface area contributed by atoms with Gasteiger partial charge in [0.25, 0.3) is 0 Å². The van der Waals surface area contributed by atoms with Crippen molar-refractivity contribution < 1.29 is 9.18 Å². The number of hydrogen-bond donors (Lipinski definition) is 2. The third-order valence-corrected chi connectivity index (χ3v) is 4.69. The van der Waals surface area contributed by atoms with Crippen molar-refractivity contribution in [2.45, 2.75) is 45.2 Å². The lowest BCUT2D eigenvalue weighted by Gasteiger charge is -2.05. The molecule has 3 aromatic rings. The van der Waals surface area contributed by atoms with Crippen molar-refractivity contribution in [3.63, 3.8) is 0 Å². The Morgan fingerprint density at radius 1 is 1.19 bits per heavy atom. The summed E-state index contributed by atoms with van der Waals surface area (Å²) < 4.78 is 13.0. The van der Waals surface area contributed by atoms with E-state index in [1.807, 2.05) is 0 Å². The highest BCUT2D eigenvalue weighted by atomic mass is 19.1. The molecule has 1 amide bonds. The molecule has 0 fully saturated rings. The van der Waals surface area contributed by atoms with Gasteiger partial charge in [-0.15, -0.1) is 10.2 Å². The maximum atomic E-state index is 13.0. The summed E-state index contributed by atoms with van der Waals surface area (Å²) in [6, 6.07) is 5.80. The SMILES string of the molecule is O=C(Cn1nnc(-c2ccc(F)cc2)n1)NCc1n[nH]c2c1CCCCC2. The molecule has 2 N–H and O–H groups in total. The molecule has 2 heterocycles. The number of aromatic nitrogens is 6. The molecule has 0 saturated carbocycles. The average Bonchev–Trinajstić information content (AvgIpc) is 3.21. The van der Waals surface area contributed by atoms with Crippen LogP contribution in [0.25, 0.3) is 11.4 Å². The fraction of sp³-hybridized carbons (Fsp3) is 0.389. The molecular weight excluding hydrogens is 349 g/mol. The number of fused-ring (bicyclic) bond motifs is 1. The summed E-state index contributed by atoms with van der Waals surface area (Å²) in [4.78, 5) is 13.4. The molecule has 0 spiro atoms. The number of aryl methyl sites for hydroxylation is 1. The molecule has 0 aliphatic heterocycles. The normalized spacial score (nSPS) is 13.8. The molecule has 1 aliphatic carbocycles. The van der Waals surface area contributed by atoms with Crippen LogP contribution >= 0.6 is 0 Å². The van der Waals surface area contributed by atoms with Gasteiger partial charge in [-0.2, -0.15) is 9.90 Å². The molecule has 1 aliphatic rings. The van der Waals surface area contributed by atoms with Gasteiger partial charge < -0.3 is 5.32 Å². The maximum Gasteiger partial charge on any atom is 0.244 e. The van der Waals surface area contributed by atoms with Crippen LogP contribution in [0.4, 0.5) is 4.39 Å². The second kappa shape index (κ2) is 7.65. The van der Waals surface area contributed by atoms with Crippen LogP contribution in [0.1, 0.15) is 36.2 Å². The molecule has 0 radical (unpaired) electrons. The first-order valence-electron chi connectivity index (χ1n) is 9.04. The molecular formula is C18H20FN7O. The number of nitrogens with one attached hydrogen (secondary N) is 2. The Morgan fingerprint density at radius 3 is 2.85 bits per heavy atom. The monoisotopic (exact) mass is 369 g/mol. The summed E-state index contributed by atoms with van der Waals surface area (Å²) >= 11 is 0. The van der Waals surface area contributed by atoms with Crippen LogP contribution in [-0.4, -0.2) is 36.3 Å². The molecule has 140 valence electrons. The van der Waals surface area contributed by atoms with Crippen molar-refractivity contribution in [3.8, 4) is 11.4 Å². The second-order valence-corrected chi connectivity index (χ2v) is 6.62. The average molecular weight is 369 g/mol. The summed E-state index contributed by atoms with van der Waals surface area (Å²) in [5.41, 5.74) is 3.98. The number of halogens is 1. The zero-order valence-electron chi connectivity index (χ0n) is 14.8. The van der Waals surface area contributed by atoms with Gasteiger partial charge in [0.2, 0.25) is 11.7 Å². The molecule has 8 nitrogen and oxygen atoms in total. The molecule has 0 saturated heterocycles. The highest BCUT2D eigenvalue weighted by molar-refractivity contribution is 5.75. The molecule has 0 unspecified atom stereocenters. The molecule has 9 heteroatoms. The molecule has 1 aromatic carbocycles. The van der Waals surface area contributed by atoms with Gasteiger partial charge >= 0.3 is 0 Å². The third kappa shape index (κ3) is 4.02. The van der Waals surface area contributed by atoms with Gasteiger partial charge in [0.15, 0.2) is 0 Å². The van der Waals surface area contributed by atoms with E-state index in [-0.39, 0.29) is 18.3 Å². The lowest BCUT2D eigenvalue weighted by atomic mass is 10.1. The topological polar surface area (TPSA) is 101 Å². The van der Waals surface area contributed by atoms with Crippen molar-refractivity contribution in [3.05, 3.63) is 47.0 Å². The van der Waals surface area contributed by atoms with E-state index in [4.69, 9.17) is 0 Å². The van der Waals surface area contributed by atoms with Gasteiger partial charge in [-0.25, -0.2) is 4.39 Å². The van der Waals surface area contributed by atoms with E-state index in [0.717, 1.165) is 25.0 Å². The predicted molar refractivity (Wildman–Crippen MR) is 94.9 cm³/mol. The minimum absolute atomic E-state index is 0.0409. The quantitative estimate of drug-likeness (QED) is 0.668. The van der Waals surface area contributed by atoms with E-state index >= 15 is 0 Å². The first-order valence-corrected chi connectivity index (χ1v) is 9.04. The predicted octanol–water partition coefficient (Wildman–Crippen LogP) is 1.79. The molecule has 0 atom stereocenters. The summed E-state index contributed by atoms with van der Waals surface area (Å²) in [5, 5.41) is 22.3. The molecule has 0 bridgehead atoms. The minimum atomic E-state index is -0.332. The van der Waals surface area contributed by atoms with Gasteiger partial charge in [0.05, 0.1) is 12.2 Å². The number of hydrogen-bond acceptors (Lipinski definition) is 5. The van der Waals surface area contributed by atoms with Gasteiger partial charge in [0.1, 0.15) is 12.4 Å². The van der Waals surface area contributed by atoms with E-state index in [1.165, 1.54) is 41.0 Å². The lowest BCUT2D eigenvalue weighted by Crippen LogP contribution is -2.28. The number of H-pyrrole nitrogens is 1. The van der Waals surface area contributed by atoms with Crippen molar-refractivity contribution in [2.75, 3.05) is 0 Å². The highest BCUT2D eigenvalue weighted by Gasteiger charge is 2.16. The van der Waals surface area contributed by atoms with Crippen molar-refractivity contribution in [1.82, 2.24) is 35.7 Å². The van der Waals surface area contributed by atoms with Crippen LogP contribution in [0.15, 0.2) is 24.3 Å². The molecule has 4 rings (SSSR count). The zero-order valence-corrected chi connectivity index (χ0v) is 14.8.